The van der Waals surface area contributed by atoms with Crippen LogP contribution in [0.4, 0.5) is 5.69 Å². The predicted molar refractivity (Wildman–Crippen MR) is 69.0 cm³/mol. The molecule has 17 heavy (non-hydrogen) atoms. The molecule has 1 aromatic carbocycles. The summed E-state index contributed by atoms with van der Waals surface area (Å²) in [5.41, 5.74) is 1.47. The van der Waals surface area contributed by atoms with Crippen molar-refractivity contribution in [3.8, 4) is 6.07 Å². The number of nitriles is 1. The minimum absolute atomic E-state index is 0.148. The molecule has 0 heterocycles. The van der Waals surface area contributed by atoms with Gasteiger partial charge in [0, 0.05) is 11.6 Å². The Balaban J connectivity index is 2.96. The highest BCUT2D eigenvalue weighted by molar-refractivity contribution is 6.20. The normalized spacial score (nSPS) is 10.8. The van der Waals surface area contributed by atoms with E-state index in [0.29, 0.717) is 11.3 Å². The van der Waals surface area contributed by atoms with Crippen LogP contribution in [0.2, 0.25) is 0 Å². The largest absolute Gasteiger partial charge is 0.325 e. The Bertz CT molecular complexity index is 475. The number of aryl methyl sites for hydroxylation is 1. The fraction of sp³-hybridized carbons (Fsp3) is 0.385. The number of hydrogen-bond acceptors (Lipinski definition) is 2. The molecule has 0 atom stereocenters. The molecule has 90 valence electrons. The minimum atomic E-state index is -0.628. The zero-order valence-corrected chi connectivity index (χ0v) is 10.9. The molecule has 0 aliphatic carbocycles. The van der Waals surface area contributed by atoms with Crippen molar-refractivity contribution < 1.29 is 4.79 Å². The Morgan fingerprint density at radius 3 is 2.71 bits per heavy atom. The number of carbonyl (C=O) groups excluding carboxylic acids is 1. The van der Waals surface area contributed by atoms with Gasteiger partial charge >= 0.3 is 0 Å². The van der Waals surface area contributed by atoms with Crippen LogP contribution in [0.25, 0.3) is 0 Å². The molecule has 1 aromatic rings. The average Bonchev–Trinajstić information content (AvgIpc) is 2.31. The van der Waals surface area contributed by atoms with Gasteiger partial charge in [0.05, 0.1) is 17.0 Å². The summed E-state index contributed by atoms with van der Waals surface area (Å²) < 4.78 is 0. The smallest absolute Gasteiger partial charge is 0.231 e. The third-order valence-electron chi connectivity index (χ3n) is 2.56. The van der Waals surface area contributed by atoms with Crippen LogP contribution in [0.1, 0.15) is 25.0 Å². The van der Waals surface area contributed by atoms with Gasteiger partial charge in [0.25, 0.3) is 0 Å². The van der Waals surface area contributed by atoms with Gasteiger partial charge in [-0.1, -0.05) is 6.07 Å². The lowest BCUT2D eigenvalue weighted by atomic mass is 9.95. The number of anilines is 1. The van der Waals surface area contributed by atoms with Gasteiger partial charge in [-0.3, -0.25) is 4.79 Å². The Hall–Kier alpha value is -1.53. The summed E-state index contributed by atoms with van der Waals surface area (Å²) in [5.74, 6) is 0.0983. The van der Waals surface area contributed by atoms with Crippen molar-refractivity contribution in [2.45, 2.75) is 20.8 Å². The molecule has 0 aromatic heterocycles. The van der Waals surface area contributed by atoms with Crippen LogP contribution in [0.5, 0.6) is 0 Å². The summed E-state index contributed by atoms with van der Waals surface area (Å²) >= 11 is 5.74. The van der Waals surface area contributed by atoms with E-state index in [-0.39, 0.29) is 11.8 Å². The lowest BCUT2D eigenvalue weighted by Crippen LogP contribution is -2.32. The summed E-state index contributed by atoms with van der Waals surface area (Å²) in [6.07, 6.45) is 0. The van der Waals surface area contributed by atoms with E-state index in [9.17, 15) is 4.79 Å². The fourth-order valence-electron chi connectivity index (χ4n) is 1.18. The zero-order valence-electron chi connectivity index (χ0n) is 10.2. The molecule has 1 N–H and O–H groups in total. The predicted octanol–water partition coefficient (Wildman–Crippen LogP) is 3.07. The van der Waals surface area contributed by atoms with E-state index < -0.39 is 5.41 Å². The second kappa shape index (κ2) is 5.20. The van der Waals surface area contributed by atoms with Crippen LogP contribution < -0.4 is 5.32 Å². The zero-order chi connectivity index (χ0) is 13.1. The quantitative estimate of drug-likeness (QED) is 0.839. The Morgan fingerprint density at radius 2 is 2.18 bits per heavy atom. The van der Waals surface area contributed by atoms with Crippen molar-refractivity contribution in [1.29, 1.82) is 5.26 Å². The number of halogens is 1. The molecule has 0 radical (unpaired) electrons. The summed E-state index contributed by atoms with van der Waals surface area (Å²) in [4.78, 5) is 11.9. The minimum Gasteiger partial charge on any atom is -0.325 e. The van der Waals surface area contributed by atoms with Gasteiger partial charge < -0.3 is 5.32 Å². The summed E-state index contributed by atoms with van der Waals surface area (Å²) in [7, 11) is 0. The van der Waals surface area contributed by atoms with Crippen molar-refractivity contribution in [2.24, 2.45) is 5.41 Å². The maximum absolute atomic E-state index is 11.9. The molecule has 0 unspecified atom stereocenters. The number of benzene rings is 1. The number of carbonyl (C=O) groups is 1. The first kappa shape index (κ1) is 13.5. The molecular weight excluding hydrogens is 236 g/mol. The summed E-state index contributed by atoms with van der Waals surface area (Å²) in [6.45, 7) is 5.43. The highest BCUT2D eigenvalue weighted by Crippen LogP contribution is 2.22. The number of amides is 1. The van der Waals surface area contributed by atoms with Crippen LogP contribution in [0.15, 0.2) is 18.2 Å². The summed E-state index contributed by atoms with van der Waals surface area (Å²) in [5, 5.41) is 11.6. The Kier molecular flexibility index (Phi) is 4.14. The van der Waals surface area contributed by atoms with Gasteiger partial charge in [0.2, 0.25) is 5.91 Å². The molecule has 3 nitrogen and oxygen atoms in total. The first-order valence-corrected chi connectivity index (χ1v) is 5.82. The molecular formula is C13H15ClN2O. The number of nitrogens with one attached hydrogen (secondary N) is 1. The van der Waals surface area contributed by atoms with Crippen molar-refractivity contribution in [2.75, 3.05) is 11.2 Å². The maximum Gasteiger partial charge on any atom is 0.231 e. The highest BCUT2D eigenvalue weighted by atomic mass is 35.5. The van der Waals surface area contributed by atoms with Gasteiger partial charge in [-0.15, -0.1) is 11.6 Å². The van der Waals surface area contributed by atoms with Gasteiger partial charge in [-0.2, -0.15) is 5.26 Å². The van der Waals surface area contributed by atoms with E-state index in [0.717, 1.165) is 5.56 Å². The van der Waals surface area contributed by atoms with E-state index in [4.69, 9.17) is 16.9 Å². The lowest BCUT2D eigenvalue weighted by molar-refractivity contribution is -0.122. The number of hydrogen-bond donors (Lipinski definition) is 1. The van der Waals surface area contributed by atoms with Crippen molar-refractivity contribution in [3.63, 3.8) is 0 Å². The molecule has 0 aliphatic rings. The molecule has 1 rings (SSSR count). The second-order valence-electron chi connectivity index (χ2n) is 4.61. The standard InChI is InChI=1S/C13H15ClN2O/c1-9-4-5-10(7-15)6-11(9)16-12(17)13(2,3)8-14/h4-6H,8H2,1-3H3,(H,16,17). The monoisotopic (exact) mass is 250 g/mol. The van der Waals surface area contributed by atoms with Gasteiger partial charge in [-0.05, 0) is 38.5 Å². The molecule has 1 amide bonds. The van der Waals surface area contributed by atoms with E-state index in [1.165, 1.54) is 0 Å². The van der Waals surface area contributed by atoms with Crippen molar-refractivity contribution in [3.05, 3.63) is 29.3 Å². The van der Waals surface area contributed by atoms with Crippen LogP contribution in [0.3, 0.4) is 0 Å². The van der Waals surface area contributed by atoms with E-state index >= 15 is 0 Å². The third kappa shape index (κ3) is 3.21. The van der Waals surface area contributed by atoms with Crippen LogP contribution in [-0.2, 0) is 4.79 Å². The number of nitrogens with zero attached hydrogens (tertiary/aromatic N) is 1. The summed E-state index contributed by atoms with van der Waals surface area (Å²) in [6, 6.07) is 7.23. The lowest BCUT2D eigenvalue weighted by Gasteiger charge is -2.21. The Labute approximate surface area is 106 Å². The molecule has 0 fully saturated rings. The molecule has 0 spiro atoms. The second-order valence-corrected chi connectivity index (χ2v) is 4.88. The fourth-order valence-corrected chi connectivity index (χ4v) is 1.30. The molecule has 0 saturated carbocycles. The molecule has 4 heteroatoms. The van der Waals surface area contributed by atoms with Gasteiger partial charge in [0.1, 0.15) is 0 Å². The van der Waals surface area contributed by atoms with E-state index in [1.807, 2.05) is 19.1 Å². The van der Waals surface area contributed by atoms with E-state index in [1.54, 1.807) is 26.0 Å². The topological polar surface area (TPSA) is 52.9 Å². The maximum atomic E-state index is 11.9. The molecule has 0 aliphatic heterocycles. The van der Waals surface area contributed by atoms with Crippen molar-refractivity contribution in [1.82, 2.24) is 0 Å². The average molecular weight is 251 g/mol. The number of alkyl halides is 1. The number of rotatable bonds is 3. The van der Waals surface area contributed by atoms with Gasteiger partial charge in [0.15, 0.2) is 0 Å². The van der Waals surface area contributed by atoms with Crippen molar-refractivity contribution >= 4 is 23.2 Å². The first-order chi connectivity index (χ1) is 7.90. The molecule has 0 saturated heterocycles. The van der Waals surface area contributed by atoms with Crippen LogP contribution in [-0.4, -0.2) is 11.8 Å². The third-order valence-corrected chi connectivity index (χ3v) is 3.23. The van der Waals surface area contributed by atoms with Crippen LogP contribution in [0, 0.1) is 23.7 Å². The SMILES string of the molecule is Cc1ccc(C#N)cc1NC(=O)C(C)(C)CCl. The van der Waals surface area contributed by atoms with Crippen LogP contribution >= 0.6 is 11.6 Å². The molecule has 0 bridgehead atoms. The van der Waals surface area contributed by atoms with E-state index in [2.05, 4.69) is 5.32 Å². The first-order valence-electron chi connectivity index (χ1n) is 5.29. The van der Waals surface area contributed by atoms with Gasteiger partial charge in [-0.25, -0.2) is 0 Å². The highest BCUT2D eigenvalue weighted by Gasteiger charge is 2.26. The Morgan fingerprint density at radius 1 is 1.53 bits per heavy atom.